The number of carbonyl (C=O) groups excluding carboxylic acids is 2. The molecule has 1 aromatic heterocycles. The maximum atomic E-state index is 13.2. The first kappa shape index (κ1) is 22.1. The summed E-state index contributed by atoms with van der Waals surface area (Å²) < 4.78 is 2.07. The first-order valence-corrected chi connectivity index (χ1v) is 12.5. The van der Waals surface area contributed by atoms with Gasteiger partial charge in [-0.05, 0) is 70.2 Å². The summed E-state index contributed by atoms with van der Waals surface area (Å²) in [4.78, 5) is 31.8. The van der Waals surface area contributed by atoms with Crippen LogP contribution in [0.1, 0.15) is 65.2 Å². The normalized spacial score (nSPS) is 21.3. The zero-order valence-electron chi connectivity index (χ0n) is 19.9. The zero-order valence-corrected chi connectivity index (χ0v) is 19.9. The second kappa shape index (κ2) is 9.29. The van der Waals surface area contributed by atoms with Crippen molar-refractivity contribution in [1.29, 1.82) is 0 Å². The highest BCUT2D eigenvalue weighted by atomic mass is 16.2. The highest BCUT2D eigenvalue weighted by Gasteiger charge is 2.34. The van der Waals surface area contributed by atoms with E-state index >= 15 is 0 Å². The van der Waals surface area contributed by atoms with Crippen LogP contribution in [0.15, 0.2) is 24.3 Å². The second-order valence-electron chi connectivity index (χ2n) is 9.61. The molecule has 2 aliphatic heterocycles. The Morgan fingerprint density at radius 1 is 1.00 bits per heavy atom. The minimum Gasteiger partial charge on any atom is -0.369 e. The molecular weight excluding hydrogens is 414 g/mol. The number of rotatable bonds is 5. The molecule has 7 heteroatoms. The quantitative estimate of drug-likeness (QED) is 0.657. The molecule has 1 amide bonds. The lowest BCUT2D eigenvalue weighted by molar-refractivity contribution is 0.0783. The molecular formula is C26H35N5O2. The number of hydrogen-bond donors (Lipinski definition) is 0. The molecule has 1 unspecified atom stereocenters. The van der Waals surface area contributed by atoms with Gasteiger partial charge in [-0.1, -0.05) is 0 Å². The van der Waals surface area contributed by atoms with E-state index in [-0.39, 0.29) is 11.7 Å². The molecule has 33 heavy (non-hydrogen) atoms. The van der Waals surface area contributed by atoms with E-state index < -0.39 is 0 Å². The smallest absolute Gasteiger partial charge is 0.274 e. The maximum absolute atomic E-state index is 13.2. The third-order valence-corrected chi connectivity index (χ3v) is 7.69. The average molecular weight is 450 g/mol. The summed E-state index contributed by atoms with van der Waals surface area (Å²) in [5, 5.41) is 4.78. The van der Waals surface area contributed by atoms with Gasteiger partial charge in [-0.2, -0.15) is 5.10 Å². The van der Waals surface area contributed by atoms with Crippen LogP contribution < -0.4 is 4.90 Å². The molecule has 7 nitrogen and oxygen atoms in total. The van der Waals surface area contributed by atoms with E-state index in [1.807, 2.05) is 17.0 Å². The Kier molecular flexibility index (Phi) is 6.23. The minimum absolute atomic E-state index is 0.108. The summed E-state index contributed by atoms with van der Waals surface area (Å²) in [5.41, 5.74) is 5.14. The summed E-state index contributed by atoms with van der Waals surface area (Å²) in [5.74, 6) is 0.243. The van der Waals surface area contributed by atoms with Crippen molar-refractivity contribution in [2.75, 3.05) is 44.2 Å². The predicted octanol–water partition coefficient (Wildman–Crippen LogP) is 3.02. The molecule has 1 aliphatic carbocycles. The van der Waals surface area contributed by atoms with Crippen LogP contribution in [-0.2, 0) is 19.4 Å². The van der Waals surface area contributed by atoms with Gasteiger partial charge < -0.3 is 9.80 Å². The minimum atomic E-state index is 0.108. The number of ketones is 1. The van der Waals surface area contributed by atoms with Crippen molar-refractivity contribution in [3.05, 3.63) is 46.8 Å². The fourth-order valence-electron chi connectivity index (χ4n) is 5.74. The van der Waals surface area contributed by atoms with Gasteiger partial charge >= 0.3 is 0 Å². The van der Waals surface area contributed by atoms with Gasteiger partial charge in [0.15, 0.2) is 11.5 Å². The number of amides is 1. The molecule has 0 radical (unpaired) electrons. The van der Waals surface area contributed by atoms with E-state index in [9.17, 15) is 9.59 Å². The Balaban J connectivity index is 1.26. The van der Waals surface area contributed by atoms with E-state index in [0.29, 0.717) is 11.7 Å². The summed E-state index contributed by atoms with van der Waals surface area (Å²) in [6, 6.07) is 8.46. The standard InChI is InChI=1S/C26H35N5O2/c1-3-31-24-11-10-22(18-23(24)25(27-31)26(33)30-12-4-5-13-30)29-16-14-28(15-17-29)21-8-6-20(7-9-21)19(2)32/h6-9,22H,3-5,10-18H2,1-2H3. The number of hydrogen-bond acceptors (Lipinski definition) is 5. The number of aromatic nitrogens is 2. The number of aryl methyl sites for hydroxylation is 1. The molecule has 0 N–H and O–H groups in total. The van der Waals surface area contributed by atoms with Crippen molar-refractivity contribution in [1.82, 2.24) is 19.6 Å². The fraction of sp³-hybridized carbons (Fsp3) is 0.577. The average Bonchev–Trinajstić information content (AvgIpc) is 3.52. The third-order valence-electron chi connectivity index (χ3n) is 7.69. The van der Waals surface area contributed by atoms with E-state index in [2.05, 4.69) is 33.5 Å². The molecule has 5 rings (SSSR count). The van der Waals surface area contributed by atoms with Crippen LogP contribution in [-0.4, -0.2) is 76.6 Å². The molecule has 3 heterocycles. The summed E-state index contributed by atoms with van der Waals surface area (Å²) >= 11 is 0. The van der Waals surface area contributed by atoms with Crippen LogP contribution >= 0.6 is 0 Å². The van der Waals surface area contributed by atoms with Crippen molar-refractivity contribution in [2.24, 2.45) is 0 Å². The van der Waals surface area contributed by atoms with Crippen LogP contribution in [0.2, 0.25) is 0 Å². The van der Waals surface area contributed by atoms with Gasteiger partial charge in [0.05, 0.1) is 0 Å². The van der Waals surface area contributed by atoms with Gasteiger partial charge in [-0.25, -0.2) is 0 Å². The second-order valence-corrected chi connectivity index (χ2v) is 9.61. The van der Waals surface area contributed by atoms with E-state index in [1.54, 1.807) is 6.92 Å². The van der Waals surface area contributed by atoms with Crippen molar-refractivity contribution in [3.63, 3.8) is 0 Å². The van der Waals surface area contributed by atoms with Crippen LogP contribution in [0, 0.1) is 0 Å². The first-order chi connectivity index (χ1) is 16.0. The van der Waals surface area contributed by atoms with Crippen molar-refractivity contribution in [2.45, 2.75) is 58.5 Å². The maximum Gasteiger partial charge on any atom is 0.274 e. The number of carbonyl (C=O) groups is 2. The number of piperazine rings is 1. The van der Waals surface area contributed by atoms with Gasteiger partial charge in [-0.15, -0.1) is 0 Å². The van der Waals surface area contributed by atoms with Gasteiger partial charge in [0, 0.05) is 74.4 Å². The molecule has 1 atom stereocenters. The van der Waals surface area contributed by atoms with Crippen LogP contribution in [0.5, 0.6) is 0 Å². The monoisotopic (exact) mass is 449 g/mol. The van der Waals surface area contributed by atoms with Crippen LogP contribution in [0.25, 0.3) is 0 Å². The molecule has 0 bridgehead atoms. The summed E-state index contributed by atoms with van der Waals surface area (Å²) in [6.07, 6.45) is 5.27. The number of nitrogens with zero attached hydrogens (tertiary/aromatic N) is 5. The molecule has 2 fully saturated rings. The molecule has 1 aromatic carbocycles. The summed E-state index contributed by atoms with van der Waals surface area (Å²) in [7, 11) is 0. The molecule has 0 spiro atoms. The largest absolute Gasteiger partial charge is 0.369 e. The number of fused-ring (bicyclic) bond motifs is 1. The number of likely N-dealkylation sites (tertiary alicyclic amines) is 1. The SMILES string of the molecule is CCn1nc(C(=O)N2CCCC2)c2c1CCC(N1CCN(c3ccc(C(C)=O)cc3)CC1)C2. The Labute approximate surface area is 196 Å². The van der Waals surface area contributed by atoms with Crippen molar-refractivity contribution >= 4 is 17.4 Å². The van der Waals surface area contributed by atoms with Crippen LogP contribution in [0.4, 0.5) is 5.69 Å². The zero-order chi connectivity index (χ0) is 22.9. The molecule has 0 saturated carbocycles. The highest BCUT2D eigenvalue weighted by Crippen LogP contribution is 2.30. The van der Waals surface area contributed by atoms with Gasteiger partial charge in [0.2, 0.25) is 0 Å². The lowest BCUT2D eigenvalue weighted by atomic mass is 9.89. The Morgan fingerprint density at radius 2 is 1.70 bits per heavy atom. The topological polar surface area (TPSA) is 61.7 Å². The Morgan fingerprint density at radius 3 is 2.33 bits per heavy atom. The van der Waals surface area contributed by atoms with Crippen molar-refractivity contribution in [3.8, 4) is 0 Å². The lowest BCUT2D eigenvalue weighted by Crippen LogP contribution is -2.52. The fourth-order valence-corrected chi connectivity index (χ4v) is 5.74. The highest BCUT2D eigenvalue weighted by molar-refractivity contribution is 5.94. The number of anilines is 1. The van der Waals surface area contributed by atoms with Gasteiger partial charge in [0.25, 0.3) is 5.91 Å². The number of benzene rings is 1. The van der Waals surface area contributed by atoms with Gasteiger partial charge in [-0.3, -0.25) is 19.2 Å². The molecule has 176 valence electrons. The van der Waals surface area contributed by atoms with Crippen LogP contribution in [0.3, 0.4) is 0 Å². The Hall–Kier alpha value is -2.67. The summed E-state index contributed by atoms with van der Waals surface area (Å²) in [6.45, 7) is 10.3. The predicted molar refractivity (Wildman–Crippen MR) is 129 cm³/mol. The molecule has 2 aromatic rings. The van der Waals surface area contributed by atoms with Gasteiger partial charge in [0.1, 0.15) is 0 Å². The number of Topliss-reactive ketones (excluding diaryl/α,β-unsaturated/α-hetero) is 1. The molecule has 2 saturated heterocycles. The van der Waals surface area contributed by atoms with E-state index in [1.165, 1.54) is 16.9 Å². The van der Waals surface area contributed by atoms with E-state index in [4.69, 9.17) is 5.10 Å². The van der Waals surface area contributed by atoms with Crippen molar-refractivity contribution < 1.29 is 9.59 Å². The third kappa shape index (κ3) is 4.31. The van der Waals surface area contributed by atoms with E-state index in [0.717, 1.165) is 83.5 Å². The Bertz CT molecular complexity index is 1010. The molecule has 3 aliphatic rings. The first-order valence-electron chi connectivity index (χ1n) is 12.5. The lowest BCUT2D eigenvalue weighted by Gasteiger charge is -2.41.